The molecule has 1 spiro atoms. The van der Waals surface area contributed by atoms with Gasteiger partial charge in [-0.15, -0.1) is 0 Å². The van der Waals surface area contributed by atoms with Gasteiger partial charge < -0.3 is 39.4 Å². The highest BCUT2D eigenvalue weighted by atomic mass is 16.7. The lowest BCUT2D eigenvalue weighted by Gasteiger charge is -2.63. The molecule has 0 radical (unpaired) electrons. The highest BCUT2D eigenvalue weighted by Gasteiger charge is 2.70. The predicted molar refractivity (Wildman–Crippen MR) is 146 cm³/mol. The Hall–Kier alpha value is -0.320. The average molecular weight is 565 g/mol. The first kappa shape index (κ1) is 28.5. The molecule has 0 aromatic rings. The Morgan fingerprint density at radius 2 is 1.62 bits per heavy atom. The SMILES string of the molecule is C[C@@H]1CC[C@]2(OC1)O[C@H]1C[C@H]3[C@@H]4CC[C@H]5C[C@@H](O)C[C@@H](O[C@@H]6OC[C@H](O)[C@H](O)[C@H]6O)[C@]5(C)[C@H]4CC[C@]3(C)[C@H]1[C@@H]2C. The third kappa shape index (κ3) is 3.99. The van der Waals surface area contributed by atoms with Crippen molar-refractivity contribution in [3.8, 4) is 0 Å². The molecule has 3 aliphatic heterocycles. The Kier molecular flexibility index (Phi) is 7.00. The lowest BCUT2D eigenvalue weighted by Crippen LogP contribution is -2.62. The van der Waals surface area contributed by atoms with E-state index in [1.165, 1.54) is 19.3 Å². The van der Waals surface area contributed by atoms with Crippen molar-refractivity contribution in [2.24, 2.45) is 52.3 Å². The second-order valence-corrected chi connectivity index (χ2v) is 15.5. The van der Waals surface area contributed by atoms with Gasteiger partial charge in [-0.05, 0) is 91.3 Å². The van der Waals surface area contributed by atoms with Gasteiger partial charge in [0.2, 0.25) is 0 Å². The normalized spacial score (nSPS) is 61.5. The molecule has 3 heterocycles. The molecule has 4 saturated carbocycles. The molecular formula is C32H52O8. The second kappa shape index (κ2) is 9.85. The Balaban J connectivity index is 1.14. The van der Waals surface area contributed by atoms with Gasteiger partial charge in [0.25, 0.3) is 0 Å². The summed E-state index contributed by atoms with van der Waals surface area (Å²) in [4.78, 5) is 0. The predicted octanol–water partition coefficient (Wildman–Crippen LogP) is 3.23. The van der Waals surface area contributed by atoms with Crippen LogP contribution in [0.5, 0.6) is 0 Å². The zero-order valence-corrected chi connectivity index (χ0v) is 24.8. The third-order valence-corrected chi connectivity index (χ3v) is 13.7. The van der Waals surface area contributed by atoms with E-state index in [-0.39, 0.29) is 29.6 Å². The van der Waals surface area contributed by atoms with E-state index >= 15 is 0 Å². The summed E-state index contributed by atoms with van der Waals surface area (Å²) in [5.74, 6) is 3.13. The van der Waals surface area contributed by atoms with Gasteiger partial charge in [0.05, 0.1) is 31.5 Å². The van der Waals surface area contributed by atoms with Crippen molar-refractivity contribution in [1.82, 2.24) is 0 Å². The molecule has 4 aliphatic carbocycles. The molecule has 17 atom stereocenters. The summed E-state index contributed by atoms with van der Waals surface area (Å²) >= 11 is 0. The molecule has 4 N–H and O–H groups in total. The van der Waals surface area contributed by atoms with Crippen molar-refractivity contribution >= 4 is 0 Å². The number of hydrogen-bond donors (Lipinski definition) is 4. The monoisotopic (exact) mass is 564 g/mol. The van der Waals surface area contributed by atoms with Gasteiger partial charge in [-0.3, -0.25) is 0 Å². The lowest BCUT2D eigenvalue weighted by atomic mass is 9.43. The number of fused-ring (bicyclic) bond motifs is 7. The van der Waals surface area contributed by atoms with E-state index in [0.29, 0.717) is 47.8 Å². The molecule has 7 fully saturated rings. The van der Waals surface area contributed by atoms with Crippen LogP contribution in [0.2, 0.25) is 0 Å². The maximum Gasteiger partial charge on any atom is 0.186 e. The van der Waals surface area contributed by atoms with E-state index in [4.69, 9.17) is 18.9 Å². The molecule has 0 unspecified atom stereocenters. The Bertz CT molecular complexity index is 953. The average Bonchev–Trinajstić information content (AvgIpc) is 3.36. The fraction of sp³-hybridized carbons (Fsp3) is 1.00. The van der Waals surface area contributed by atoms with Gasteiger partial charge >= 0.3 is 0 Å². The van der Waals surface area contributed by atoms with Crippen molar-refractivity contribution < 1.29 is 39.4 Å². The van der Waals surface area contributed by atoms with E-state index in [1.807, 2.05) is 0 Å². The highest BCUT2D eigenvalue weighted by Crippen LogP contribution is 2.71. The van der Waals surface area contributed by atoms with Gasteiger partial charge in [0.15, 0.2) is 12.1 Å². The molecule has 0 amide bonds. The molecule has 7 rings (SSSR count). The molecule has 3 saturated heterocycles. The third-order valence-electron chi connectivity index (χ3n) is 13.7. The Labute approximate surface area is 239 Å². The first-order valence-electron chi connectivity index (χ1n) is 16.3. The number of rotatable bonds is 2. The van der Waals surface area contributed by atoms with Crippen molar-refractivity contribution in [2.45, 2.75) is 134 Å². The van der Waals surface area contributed by atoms with E-state index in [9.17, 15) is 20.4 Å². The molecule has 40 heavy (non-hydrogen) atoms. The Morgan fingerprint density at radius 1 is 0.825 bits per heavy atom. The van der Waals surface area contributed by atoms with Gasteiger partial charge in [-0.2, -0.15) is 0 Å². The maximum absolute atomic E-state index is 10.9. The maximum atomic E-state index is 10.9. The van der Waals surface area contributed by atoms with E-state index in [0.717, 1.165) is 38.7 Å². The summed E-state index contributed by atoms with van der Waals surface area (Å²) < 4.78 is 25.6. The fourth-order valence-corrected chi connectivity index (χ4v) is 11.5. The first-order chi connectivity index (χ1) is 19.0. The van der Waals surface area contributed by atoms with Gasteiger partial charge in [-0.1, -0.05) is 27.7 Å². The Morgan fingerprint density at radius 3 is 2.38 bits per heavy atom. The van der Waals surface area contributed by atoms with Crippen LogP contribution in [-0.4, -0.2) is 82.3 Å². The van der Waals surface area contributed by atoms with Crippen LogP contribution >= 0.6 is 0 Å². The number of hydrogen-bond acceptors (Lipinski definition) is 8. The minimum absolute atomic E-state index is 0.0735. The summed E-state index contributed by atoms with van der Waals surface area (Å²) in [7, 11) is 0. The summed E-state index contributed by atoms with van der Waals surface area (Å²) in [5, 5.41) is 41.8. The van der Waals surface area contributed by atoms with Crippen LogP contribution in [0, 0.1) is 52.3 Å². The number of aliphatic hydroxyl groups excluding tert-OH is 4. The van der Waals surface area contributed by atoms with Crippen LogP contribution in [-0.2, 0) is 18.9 Å². The van der Waals surface area contributed by atoms with Gasteiger partial charge in [-0.25, -0.2) is 0 Å². The zero-order valence-electron chi connectivity index (χ0n) is 24.8. The van der Waals surface area contributed by atoms with Gasteiger partial charge in [0.1, 0.15) is 18.3 Å². The van der Waals surface area contributed by atoms with Crippen molar-refractivity contribution in [3.63, 3.8) is 0 Å². The zero-order chi connectivity index (χ0) is 28.2. The molecular weight excluding hydrogens is 512 g/mol. The van der Waals surface area contributed by atoms with E-state index < -0.39 is 36.5 Å². The molecule has 0 aromatic carbocycles. The van der Waals surface area contributed by atoms with Crippen LogP contribution in [0.1, 0.15) is 85.5 Å². The standard InChI is InChI=1S/C32H52O8/c1-16-7-10-32(38-14-16)17(2)26-24(40-32)13-22-20-6-5-18-11-19(33)12-25(31(18,4)21(20)8-9-30(22,26)3)39-29-28(36)27(35)23(34)15-37-29/h16-29,33-36H,5-15H2,1-4H3/t16-,17+,18+,19-,20-,21+,22+,23+,24+,25-,26+,27+,28-,29+,30+,31+,32+/m1/s1. The van der Waals surface area contributed by atoms with Crippen molar-refractivity contribution in [2.75, 3.05) is 13.2 Å². The van der Waals surface area contributed by atoms with Crippen LogP contribution < -0.4 is 0 Å². The molecule has 228 valence electrons. The van der Waals surface area contributed by atoms with Crippen LogP contribution in [0.3, 0.4) is 0 Å². The first-order valence-corrected chi connectivity index (χ1v) is 16.3. The van der Waals surface area contributed by atoms with E-state index in [2.05, 4.69) is 27.7 Å². The topological polar surface area (TPSA) is 118 Å². The van der Waals surface area contributed by atoms with Crippen LogP contribution in [0.25, 0.3) is 0 Å². The number of ether oxygens (including phenoxy) is 4. The lowest BCUT2D eigenvalue weighted by molar-refractivity contribution is -0.313. The smallest absolute Gasteiger partial charge is 0.186 e. The minimum atomic E-state index is -1.32. The quantitative estimate of drug-likeness (QED) is 0.404. The van der Waals surface area contributed by atoms with Crippen molar-refractivity contribution in [3.05, 3.63) is 0 Å². The summed E-state index contributed by atoms with van der Waals surface area (Å²) in [6, 6.07) is 0. The van der Waals surface area contributed by atoms with Crippen LogP contribution in [0.4, 0.5) is 0 Å². The highest BCUT2D eigenvalue weighted by molar-refractivity contribution is 5.16. The molecule has 0 aromatic heterocycles. The minimum Gasteiger partial charge on any atom is -0.393 e. The van der Waals surface area contributed by atoms with Crippen molar-refractivity contribution in [1.29, 1.82) is 0 Å². The summed E-state index contributed by atoms with van der Waals surface area (Å²) in [5.41, 5.74) is 0.0828. The molecule has 7 aliphatic rings. The van der Waals surface area contributed by atoms with Crippen LogP contribution in [0.15, 0.2) is 0 Å². The van der Waals surface area contributed by atoms with E-state index in [1.54, 1.807) is 0 Å². The molecule has 8 heteroatoms. The largest absolute Gasteiger partial charge is 0.393 e. The summed E-state index contributed by atoms with van der Waals surface area (Å²) in [6.45, 7) is 10.3. The number of aliphatic hydroxyl groups is 4. The molecule has 8 nitrogen and oxygen atoms in total. The summed E-state index contributed by atoms with van der Waals surface area (Å²) in [6.07, 6.45) is 3.96. The fourth-order valence-electron chi connectivity index (χ4n) is 11.5. The molecule has 0 bridgehead atoms. The second-order valence-electron chi connectivity index (χ2n) is 15.5. The van der Waals surface area contributed by atoms with Gasteiger partial charge in [0, 0.05) is 18.8 Å².